The molecule has 4 rings (SSSR count). The number of hydrogen-bond donors (Lipinski definition) is 3. The van der Waals surface area contributed by atoms with Gasteiger partial charge in [0.15, 0.2) is 5.65 Å². The molecule has 0 saturated carbocycles. The highest BCUT2D eigenvalue weighted by Crippen LogP contribution is 2.22. The second-order valence-corrected chi connectivity index (χ2v) is 6.28. The highest BCUT2D eigenvalue weighted by Gasteiger charge is 2.10. The Morgan fingerprint density at radius 1 is 1.07 bits per heavy atom. The third kappa shape index (κ3) is 3.63. The minimum atomic E-state index is -0.413. The fourth-order valence-corrected chi connectivity index (χ4v) is 2.92. The van der Waals surface area contributed by atoms with E-state index in [0.717, 1.165) is 5.56 Å². The van der Waals surface area contributed by atoms with Crippen LogP contribution in [0.15, 0.2) is 54.9 Å². The summed E-state index contributed by atoms with van der Waals surface area (Å²) >= 11 is 0. The zero-order chi connectivity index (χ0) is 19.5. The van der Waals surface area contributed by atoms with Crippen LogP contribution in [0.2, 0.25) is 0 Å². The molecule has 0 spiro atoms. The van der Waals surface area contributed by atoms with Crippen molar-refractivity contribution in [1.29, 1.82) is 0 Å². The molecule has 0 amide bonds. The predicted octanol–water partition coefficient (Wildman–Crippen LogP) is 2.78. The van der Waals surface area contributed by atoms with Crippen LogP contribution in [0.25, 0.3) is 17.0 Å². The summed E-state index contributed by atoms with van der Waals surface area (Å²) in [6.45, 7) is 0.284. The molecule has 3 N–H and O–H groups in total. The summed E-state index contributed by atoms with van der Waals surface area (Å²) in [6, 6.07) is 11.1. The number of nitrogens with zero attached hydrogens (tertiary/aromatic N) is 4. The van der Waals surface area contributed by atoms with E-state index < -0.39 is 5.82 Å². The number of fused-ring (bicyclic) bond motifs is 1. The third-order valence-corrected chi connectivity index (χ3v) is 4.35. The van der Waals surface area contributed by atoms with Crippen molar-refractivity contribution in [3.8, 4) is 17.1 Å². The molecule has 0 radical (unpaired) electrons. The van der Waals surface area contributed by atoms with E-state index in [2.05, 4.69) is 20.4 Å². The van der Waals surface area contributed by atoms with Crippen LogP contribution in [0.5, 0.6) is 5.75 Å². The number of aliphatic hydroxyl groups excluding tert-OH is 1. The molecular formula is C20H18FN5O2. The Kier molecular flexibility index (Phi) is 4.86. The molecule has 0 aliphatic rings. The molecule has 142 valence electrons. The quantitative estimate of drug-likeness (QED) is 0.477. The van der Waals surface area contributed by atoms with Crippen molar-refractivity contribution in [3.05, 3.63) is 71.8 Å². The molecule has 0 unspecified atom stereocenters. The van der Waals surface area contributed by atoms with E-state index in [1.54, 1.807) is 23.0 Å². The maximum absolute atomic E-state index is 13.4. The number of aromatic nitrogens is 4. The number of benzene rings is 1. The monoisotopic (exact) mass is 379 g/mol. The topological polar surface area (TPSA) is 95.6 Å². The van der Waals surface area contributed by atoms with Crippen LogP contribution in [-0.2, 0) is 13.0 Å². The van der Waals surface area contributed by atoms with Gasteiger partial charge in [0.25, 0.3) is 0 Å². The zero-order valence-corrected chi connectivity index (χ0v) is 14.9. The van der Waals surface area contributed by atoms with Gasteiger partial charge in [0, 0.05) is 24.9 Å². The standard InChI is InChI=1S/C20H18FN5O2/c21-15-1-2-18(28)14(10-15)11-23-19-3-4-20-24-12-17(26(20)25-19)16-9-13(6-8-27)5-7-22-16/h1-5,7,9-10,12,27-28H,6,8,11H2,(H,23,25). The lowest BCUT2D eigenvalue weighted by Gasteiger charge is -2.09. The fourth-order valence-electron chi connectivity index (χ4n) is 2.92. The predicted molar refractivity (Wildman–Crippen MR) is 102 cm³/mol. The number of rotatable bonds is 6. The van der Waals surface area contributed by atoms with Gasteiger partial charge in [-0.25, -0.2) is 13.9 Å². The first kappa shape index (κ1) is 17.9. The van der Waals surface area contributed by atoms with E-state index in [4.69, 9.17) is 5.11 Å². The van der Waals surface area contributed by atoms with Crippen LogP contribution in [0.3, 0.4) is 0 Å². The molecule has 0 aliphatic heterocycles. The number of nitrogens with one attached hydrogen (secondary N) is 1. The molecule has 0 saturated heterocycles. The molecule has 7 nitrogen and oxygen atoms in total. The number of aliphatic hydroxyl groups is 1. The van der Waals surface area contributed by atoms with Gasteiger partial charge in [0.1, 0.15) is 23.1 Å². The minimum Gasteiger partial charge on any atom is -0.508 e. The Morgan fingerprint density at radius 3 is 2.82 bits per heavy atom. The highest BCUT2D eigenvalue weighted by molar-refractivity contribution is 5.60. The largest absolute Gasteiger partial charge is 0.508 e. The van der Waals surface area contributed by atoms with Crippen molar-refractivity contribution >= 4 is 11.5 Å². The molecule has 4 aromatic rings. The number of halogens is 1. The Balaban J connectivity index is 1.63. The molecule has 0 atom stereocenters. The lowest BCUT2D eigenvalue weighted by atomic mass is 10.1. The van der Waals surface area contributed by atoms with Gasteiger partial charge in [-0.2, -0.15) is 0 Å². The first-order valence-corrected chi connectivity index (χ1v) is 8.76. The number of phenols is 1. The SMILES string of the molecule is OCCc1ccnc(-c2cnc3ccc(NCc4cc(F)ccc4O)nn23)c1. The molecule has 1 aromatic carbocycles. The number of phenolic OH excluding ortho intramolecular Hbond substituents is 1. The second kappa shape index (κ2) is 7.61. The van der Waals surface area contributed by atoms with Crippen molar-refractivity contribution in [2.24, 2.45) is 0 Å². The van der Waals surface area contributed by atoms with Gasteiger partial charge in [-0.3, -0.25) is 4.98 Å². The number of aromatic hydroxyl groups is 1. The van der Waals surface area contributed by atoms with Crippen LogP contribution < -0.4 is 5.32 Å². The summed E-state index contributed by atoms with van der Waals surface area (Å²) in [5, 5.41) is 26.6. The zero-order valence-electron chi connectivity index (χ0n) is 14.9. The summed E-state index contributed by atoms with van der Waals surface area (Å²) in [4.78, 5) is 8.73. The molecule has 0 bridgehead atoms. The van der Waals surface area contributed by atoms with Crippen LogP contribution in [0.4, 0.5) is 10.2 Å². The van der Waals surface area contributed by atoms with E-state index in [1.165, 1.54) is 18.2 Å². The Labute approximate surface area is 160 Å². The van der Waals surface area contributed by atoms with Gasteiger partial charge in [-0.1, -0.05) is 0 Å². The van der Waals surface area contributed by atoms with Gasteiger partial charge in [-0.15, -0.1) is 5.10 Å². The first-order valence-electron chi connectivity index (χ1n) is 8.76. The van der Waals surface area contributed by atoms with Gasteiger partial charge in [0.2, 0.25) is 0 Å². The van der Waals surface area contributed by atoms with E-state index in [1.807, 2.05) is 18.2 Å². The van der Waals surface area contributed by atoms with E-state index in [9.17, 15) is 9.50 Å². The Bertz CT molecular complexity index is 1130. The highest BCUT2D eigenvalue weighted by atomic mass is 19.1. The Morgan fingerprint density at radius 2 is 1.96 bits per heavy atom. The molecule has 0 aliphatic carbocycles. The fraction of sp³-hybridized carbons (Fsp3) is 0.150. The van der Waals surface area contributed by atoms with Crippen LogP contribution in [-0.4, -0.2) is 36.4 Å². The molecule has 8 heteroatoms. The van der Waals surface area contributed by atoms with E-state index >= 15 is 0 Å². The summed E-state index contributed by atoms with van der Waals surface area (Å²) in [6.07, 6.45) is 3.92. The first-order chi connectivity index (χ1) is 13.6. The number of hydrogen-bond acceptors (Lipinski definition) is 6. The van der Waals surface area contributed by atoms with Crippen molar-refractivity contribution in [3.63, 3.8) is 0 Å². The van der Waals surface area contributed by atoms with Gasteiger partial charge < -0.3 is 15.5 Å². The summed E-state index contributed by atoms with van der Waals surface area (Å²) in [5.74, 6) is 0.147. The van der Waals surface area contributed by atoms with Gasteiger partial charge >= 0.3 is 0 Å². The minimum absolute atomic E-state index is 0.0168. The van der Waals surface area contributed by atoms with Crippen molar-refractivity contribution < 1.29 is 14.6 Å². The Hall–Kier alpha value is -3.52. The average molecular weight is 379 g/mol. The molecule has 3 aromatic heterocycles. The smallest absolute Gasteiger partial charge is 0.154 e. The maximum Gasteiger partial charge on any atom is 0.154 e. The summed E-state index contributed by atoms with van der Waals surface area (Å²) < 4.78 is 15.0. The van der Waals surface area contributed by atoms with Gasteiger partial charge in [-0.05, 0) is 54.4 Å². The molecular weight excluding hydrogens is 361 g/mol. The van der Waals surface area contributed by atoms with E-state index in [-0.39, 0.29) is 18.9 Å². The second-order valence-electron chi connectivity index (χ2n) is 6.28. The molecule has 0 fully saturated rings. The van der Waals surface area contributed by atoms with Crippen molar-refractivity contribution in [2.45, 2.75) is 13.0 Å². The van der Waals surface area contributed by atoms with Crippen molar-refractivity contribution in [2.75, 3.05) is 11.9 Å². The number of imidazole rings is 1. The number of pyridine rings is 1. The van der Waals surface area contributed by atoms with Crippen LogP contribution in [0.1, 0.15) is 11.1 Å². The van der Waals surface area contributed by atoms with Crippen LogP contribution >= 0.6 is 0 Å². The molecule has 28 heavy (non-hydrogen) atoms. The van der Waals surface area contributed by atoms with E-state index in [0.29, 0.717) is 34.8 Å². The third-order valence-electron chi connectivity index (χ3n) is 4.35. The summed E-state index contributed by atoms with van der Waals surface area (Å²) in [5.41, 5.74) is 3.48. The molecule has 3 heterocycles. The maximum atomic E-state index is 13.4. The van der Waals surface area contributed by atoms with Crippen LogP contribution in [0, 0.1) is 5.82 Å². The summed E-state index contributed by atoms with van der Waals surface area (Å²) in [7, 11) is 0. The average Bonchev–Trinajstić information content (AvgIpc) is 3.12. The van der Waals surface area contributed by atoms with Gasteiger partial charge in [0.05, 0.1) is 11.9 Å². The normalized spacial score (nSPS) is 11.1. The number of anilines is 1. The lowest BCUT2D eigenvalue weighted by Crippen LogP contribution is -2.05. The lowest BCUT2D eigenvalue weighted by molar-refractivity contribution is 0.299. The van der Waals surface area contributed by atoms with Crippen molar-refractivity contribution in [1.82, 2.24) is 19.6 Å².